The third-order valence-electron chi connectivity index (χ3n) is 2.27. The van der Waals surface area contributed by atoms with Crippen LogP contribution >= 0.6 is 11.6 Å². The number of aromatic nitrogens is 1. The van der Waals surface area contributed by atoms with Gasteiger partial charge in [-0.2, -0.15) is 0 Å². The van der Waals surface area contributed by atoms with Gasteiger partial charge in [0.25, 0.3) is 5.91 Å². The molecule has 84 valence electrons. The molecule has 5 heteroatoms. The van der Waals surface area contributed by atoms with E-state index in [2.05, 4.69) is 10.3 Å². The van der Waals surface area contributed by atoms with Crippen molar-refractivity contribution < 1.29 is 4.79 Å². The first-order valence-electron chi connectivity index (χ1n) is 4.89. The molecule has 1 atom stereocenters. The minimum atomic E-state index is -0.175. The van der Waals surface area contributed by atoms with Crippen molar-refractivity contribution in [2.75, 3.05) is 6.54 Å². The van der Waals surface area contributed by atoms with Crippen LogP contribution in [0.2, 0.25) is 5.02 Å². The number of hydrogen-bond donors (Lipinski definition) is 3. The maximum Gasteiger partial charge on any atom is 0.268 e. The second-order valence-electron chi connectivity index (χ2n) is 3.79. The molecule has 0 saturated heterocycles. The average Bonchev–Trinajstić information content (AvgIpc) is 2.60. The van der Waals surface area contributed by atoms with E-state index in [4.69, 9.17) is 17.3 Å². The first-order chi connectivity index (χ1) is 7.04. The SMILES string of the molecule is CC(C)C(CN)NC(=O)c1cc(Cl)c[nH]1. The predicted molar refractivity (Wildman–Crippen MR) is 60.9 cm³/mol. The number of carbonyl (C=O) groups excluding carboxylic acids is 1. The summed E-state index contributed by atoms with van der Waals surface area (Å²) in [5, 5.41) is 3.36. The van der Waals surface area contributed by atoms with Gasteiger partial charge in [-0.05, 0) is 12.0 Å². The Bertz CT molecular complexity index is 335. The Labute approximate surface area is 94.2 Å². The predicted octanol–water partition coefficient (Wildman–Crippen LogP) is 1.38. The fourth-order valence-electron chi connectivity index (χ4n) is 1.24. The topological polar surface area (TPSA) is 70.9 Å². The maximum atomic E-state index is 11.7. The Morgan fingerprint density at radius 3 is 2.73 bits per heavy atom. The molecule has 1 amide bonds. The van der Waals surface area contributed by atoms with Gasteiger partial charge in [0, 0.05) is 18.8 Å². The smallest absolute Gasteiger partial charge is 0.268 e. The summed E-state index contributed by atoms with van der Waals surface area (Å²) in [4.78, 5) is 14.5. The van der Waals surface area contributed by atoms with Crippen LogP contribution in [0.1, 0.15) is 24.3 Å². The molecule has 4 N–H and O–H groups in total. The largest absolute Gasteiger partial charge is 0.356 e. The van der Waals surface area contributed by atoms with Crippen molar-refractivity contribution in [2.45, 2.75) is 19.9 Å². The molecule has 1 aromatic heterocycles. The molecule has 15 heavy (non-hydrogen) atoms. The average molecular weight is 230 g/mol. The van der Waals surface area contributed by atoms with Crippen LogP contribution < -0.4 is 11.1 Å². The van der Waals surface area contributed by atoms with Crippen molar-refractivity contribution in [1.29, 1.82) is 0 Å². The highest BCUT2D eigenvalue weighted by atomic mass is 35.5. The van der Waals surface area contributed by atoms with E-state index < -0.39 is 0 Å². The zero-order valence-corrected chi connectivity index (χ0v) is 9.64. The molecule has 1 unspecified atom stereocenters. The van der Waals surface area contributed by atoms with Crippen LogP contribution in [0.25, 0.3) is 0 Å². The minimum absolute atomic E-state index is 0.0143. The first kappa shape index (κ1) is 12.1. The minimum Gasteiger partial charge on any atom is -0.356 e. The molecule has 0 spiro atoms. The van der Waals surface area contributed by atoms with E-state index in [1.807, 2.05) is 13.8 Å². The number of rotatable bonds is 4. The molecular weight excluding hydrogens is 214 g/mol. The second-order valence-corrected chi connectivity index (χ2v) is 4.23. The van der Waals surface area contributed by atoms with Crippen LogP contribution in [-0.2, 0) is 0 Å². The lowest BCUT2D eigenvalue weighted by atomic mass is 10.0. The summed E-state index contributed by atoms with van der Waals surface area (Å²) in [6.07, 6.45) is 1.57. The van der Waals surface area contributed by atoms with Gasteiger partial charge in [0.15, 0.2) is 0 Å². The van der Waals surface area contributed by atoms with Crippen molar-refractivity contribution in [1.82, 2.24) is 10.3 Å². The van der Waals surface area contributed by atoms with Crippen LogP contribution in [0.5, 0.6) is 0 Å². The monoisotopic (exact) mass is 229 g/mol. The van der Waals surface area contributed by atoms with Gasteiger partial charge in [0.05, 0.1) is 5.02 Å². The molecule has 0 radical (unpaired) electrons. The molecular formula is C10H16ClN3O. The molecule has 0 aliphatic carbocycles. The maximum absolute atomic E-state index is 11.7. The van der Waals surface area contributed by atoms with Crippen molar-refractivity contribution >= 4 is 17.5 Å². The Hall–Kier alpha value is -1.00. The van der Waals surface area contributed by atoms with E-state index in [1.54, 1.807) is 12.3 Å². The van der Waals surface area contributed by atoms with Crippen molar-refractivity contribution in [2.24, 2.45) is 11.7 Å². The van der Waals surface area contributed by atoms with E-state index in [0.29, 0.717) is 23.2 Å². The zero-order chi connectivity index (χ0) is 11.4. The molecule has 1 heterocycles. The van der Waals surface area contributed by atoms with E-state index in [0.717, 1.165) is 0 Å². The van der Waals surface area contributed by atoms with Gasteiger partial charge in [-0.25, -0.2) is 0 Å². The summed E-state index contributed by atoms with van der Waals surface area (Å²) in [6, 6.07) is 1.57. The molecule has 0 bridgehead atoms. The van der Waals surface area contributed by atoms with E-state index in [9.17, 15) is 4.79 Å². The van der Waals surface area contributed by atoms with E-state index in [1.165, 1.54) is 0 Å². The number of nitrogens with one attached hydrogen (secondary N) is 2. The van der Waals surface area contributed by atoms with Gasteiger partial charge in [-0.3, -0.25) is 4.79 Å². The molecule has 0 fully saturated rings. The van der Waals surface area contributed by atoms with Crippen molar-refractivity contribution in [3.8, 4) is 0 Å². The van der Waals surface area contributed by atoms with Crippen molar-refractivity contribution in [3.05, 3.63) is 23.0 Å². The number of nitrogens with two attached hydrogens (primary N) is 1. The Balaban J connectivity index is 2.62. The second kappa shape index (κ2) is 5.19. The van der Waals surface area contributed by atoms with Gasteiger partial charge in [0.1, 0.15) is 5.69 Å². The normalized spacial score (nSPS) is 12.9. The van der Waals surface area contributed by atoms with E-state index >= 15 is 0 Å². The lowest BCUT2D eigenvalue weighted by molar-refractivity contribution is 0.0923. The molecule has 1 aromatic rings. The molecule has 0 aromatic carbocycles. The Morgan fingerprint density at radius 2 is 2.33 bits per heavy atom. The third kappa shape index (κ3) is 3.25. The quantitative estimate of drug-likeness (QED) is 0.730. The van der Waals surface area contributed by atoms with Gasteiger partial charge in [-0.15, -0.1) is 0 Å². The zero-order valence-electron chi connectivity index (χ0n) is 8.88. The number of halogens is 1. The molecule has 0 saturated carbocycles. The van der Waals surface area contributed by atoms with Crippen LogP contribution in [0.4, 0.5) is 0 Å². The van der Waals surface area contributed by atoms with Crippen LogP contribution in [0.3, 0.4) is 0 Å². The number of H-pyrrole nitrogens is 1. The van der Waals surface area contributed by atoms with Gasteiger partial charge >= 0.3 is 0 Å². The summed E-state index contributed by atoms with van der Waals surface area (Å²) < 4.78 is 0. The van der Waals surface area contributed by atoms with Crippen LogP contribution in [-0.4, -0.2) is 23.5 Å². The van der Waals surface area contributed by atoms with Gasteiger partial charge in [0.2, 0.25) is 0 Å². The number of aromatic amines is 1. The van der Waals surface area contributed by atoms with Crippen molar-refractivity contribution in [3.63, 3.8) is 0 Å². The number of amides is 1. The van der Waals surface area contributed by atoms with Gasteiger partial charge < -0.3 is 16.0 Å². The van der Waals surface area contributed by atoms with Crippen LogP contribution in [0.15, 0.2) is 12.3 Å². The molecule has 1 rings (SSSR count). The first-order valence-corrected chi connectivity index (χ1v) is 5.27. The number of carbonyl (C=O) groups is 1. The fraction of sp³-hybridized carbons (Fsp3) is 0.500. The lowest BCUT2D eigenvalue weighted by Crippen LogP contribution is -2.43. The highest BCUT2D eigenvalue weighted by Crippen LogP contribution is 2.10. The summed E-state index contributed by atoms with van der Waals surface area (Å²) >= 11 is 5.70. The molecule has 0 aliphatic rings. The number of hydrogen-bond acceptors (Lipinski definition) is 2. The highest BCUT2D eigenvalue weighted by molar-refractivity contribution is 6.30. The van der Waals surface area contributed by atoms with E-state index in [-0.39, 0.29) is 11.9 Å². The standard InChI is InChI=1S/C10H16ClN3O/c1-6(2)9(4-12)14-10(15)8-3-7(11)5-13-8/h3,5-6,9,13H,4,12H2,1-2H3,(H,14,15). The summed E-state index contributed by atoms with van der Waals surface area (Å²) in [5.74, 6) is 0.135. The van der Waals surface area contributed by atoms with Gasteiger partial charge in [-0.1, -0.05) is 25.4 Å². The fourth-order valence-corrected chi connectivity index (χ4v) is 1.41. The lowest BCUT2D eigenvalue weighted by Gasteiger charge is -2.19. The Kier molecular flexibility index (Phi) is 4.17. The molecule has 4 nitrogen and oxygen atoms in total. The third-order valence-corrected chi connectivity index (χ3v) is 2.49. The summed E-state index contributed by atoms with van der Waals surface area (Å²) in [5.41, 5.74) is 6.01. The summed E-state index contributed by atoms with van der Waals surface area (Å²) in [7, 11) is 0. The highest BCUT2D eigenvalue weighted by Gasteiger charge is 2.16. The Morgan fingerprint density at radius 1 is 1.67 bits per heavy atom. The van der Waals surface area contributed by atoms with Crippen LogP contribution in [0, 0.1) is 5.92 Å². The summed E-state index contributed by atoms with van der Waals surface area (Å²) in [6.45, 7) is 4.46. The molecule has 0 aliphatic heterocycles.